The molecule has 1 aliphatic heterocycles. The first-order valence-electron chi connectivity index (χ1n) is 5.11. The van der Waals surface area contributed by atoms with Gasteiger partial charge in [0, 0.05) is 12.6 Å². The third-order valence-electron chi connectivity index (χ3n) is 3.57. The van der Waals surface area contributed by atoms with E-state index in [-0.39, 0.29) is 12.0 Å². The van der Waals surface area contributed by atoms with Gasteiger partial charge in [-0.15, -0.1) is 0 Å². The van der Waals surface area contributed by atoms with Gasteiger partial charge in [0.25, 0.3) is 0 Å². The van der Waals surface area contributed by atoms with Crippen molar-refractivity contribution in [3.8, 4) is 6.19 Å². The van der Waals surface area contributed by atoms with E-state index in [9.17, 15) is 4.79 Å². The van der Waals surface area contributed by atoms with Crippen molar-refractivity contribution in [2.75, 3.05) is 6.54 Å². The molecule has 0 spiro atoms. The van der Waals surface area contributed by atoms with E-state index in [1.165, 1.54) is 0 Å². The van der Waals surface area contributed by atoms with Crippen LogP contribution in [0.3, 0.4) is 0 Å². The third-order valence-corrected chi connectivity index (χ3v) is 3.57. The predicted molar refractivity (Wildman–Crippen MR) is 49.2 cm³/mol. The second kappa shape index (κ2) is 3.49. The van der Waals surface area contributed by atoms with Gasteiger partial charge in [-0.1, -0.05) is 0 Å². The van der Waals surface area contributed by atoms with Crippen LogP contribution in [0.25, 0.3) is 0 Å². The summed E-state index contributed by atoms with van der Waals surface area (Å²) in [6.45, 7) is 0.818. The Balaban J connectivity index is 2.06. The average Bonchev–Trinajstić information content (AvgIpc) is 2.59. The van der Waals surface area contributed by atoms with Crippen molar-refractivity contribution >= 4 is 5.97 Å². The first-order valence-corrected chi connectivity index (χ1v) is 5.11. The number of carbonyl (C=O) groups is 1. The lowest BCUT2D eigenvalue weighted by Gasteiger charge is -2.31. The van der Waals surface area contributed by atoms with Crippen LogP contribution in [-0.2, 0) is 4.79 Å². The molecule has 0 amide bonds. The van der Waals surface area contributed by atoms with Crippen molar-refractivity contribution < 1.29 is 9.90 Å². The van der Waals surface area contributed by atoms with Crippen LogP contribution in [0.5, 0.6) is 0 Å². The molecule has 3 unspecified atom stereocenters. The first-order chi connectivity index (χ1) is 6.72. The lowest BCUT2D eigenvalue weighted by atomic mass is 9.79. The Bertz CT molecular complexity index is 284. The molecular formula is C10H14N2O2. The lowest BCUT2D eigenvalue weighted by Crippen LogP contribution is -2.37. The molecule has 0 radical (unpaired) electrons. The topological polar surface area (TPSA) is 64.3 Å². The van der Waals surface area contributed by atoms with E-state index < -0.39 is 5.97 Å². The van der Waals surface area contributed by atoms with E-state index in [1.54, 1.807) is 4.90 Å². The van der Waals surface area contributed by atoms with Gasteiger partial charge >= 0.3 is 5.97 Å². The Kier molecular flexibility index (Phi) is 2.32. The number of hydrogen-bond donors (Lipinski definition) is 1. The predicted octanol–water partition coefficient (Wildman–Crippen LogP) is 1.04. The Hall–Kier alpha value is -1.24. The maximum atomic E-state index is 10.8. The van der Waals surface area contributed by atoms with E-state index >= 15 is 0 Å². The highest BCUT2D eigenvalue weighted by atomic mass is 16.4. The molecule has 1 aliphatic carbocycles. The van der Waals surface area contributed by atoms with Crippen molar-refractivity contribution in [1.82, 2.24) is 4.90 Å². The monoisotopic (exact) mass is 194 g/mol. The van der Waals surface area contributed by atoms with Gasteiger partial charge in [-0.05, 0) is 31.6 Å². The van der Waals surface area contributed by atoms with Crippen LogP contribution in [0.1, 0.15) is 25.7 Å². The normalized spacial score (nSPS) is 36.2. The second-order valence-electron chi connectivity index (χ2n) is 4.26. The molecule has 0 aromatic rings. The molecule has 0 bridgehead atoms. The molecule has 4 nitrogen and oxygen atoms in total. The zero-order valence-corrected chi connectivity index (χ0v) is 8.02. The Morgan fingerprint density at radius 2 is 2.21 bits per heavy atom. The minimum Gasteiger partial charge on any atom is -0.481 e. The van der Waals surface area contributed by atoms with E-state index in [0.717, 1.165) is 25.8 Å². The molecule has 4 heteroatoms. The molecular weight excluding hydrogens is 180 g/mol. The lowest BCUT2D eigenvalue weighted by molar-refractivity contribution is -0.143. The minimum atomic E-state index is -0.701. The number of carboxylic acids is 1. The average molecular weight is 194 g/mol. The molecule has 1 N–H and O–H groups in total. The Labute approximate surface area is 83.1 Å². The van der Waals surface area contributed by atoms with Gasteiger partial charge in [0.1, 0.15) is 0 Å². The highest BCUT2D eigenvalue weighted by molar-refractivity contribution is 5.70. The minimum absolute atomic E-state index is 0.204. The van der Waals surface area contributed by atoms with Gasteiger partial charge in [0.05, 0.1) is 5.92 Å². The van der Waals surface area contributed by atoms with Crippen molar-refractivity contribution in [2.24, 2.45) is 11.8 Å². The largest absolute Gasteiger partial charge is 0.481 e. The smallest absolute Gasteiger partial charge is 0.306 e. The quantitative estimate of drug-likeness (QED) is 0.633. The molecule has 1 saturated carbocycles. The number of carboxylic acid groups (broad SMARTS) is 1. The van der Waals surface area contributed by atoms with Crippen molar-refractivity contribution in [3.05, 3.63) is 0 Å². The molecule has 3 atom stereocenters. The molecule has 0 aromatic heterocycles. The Morgan fingerprint density at radius 1 is 1.43 bits per heavy atom. The molecule has 2 fully saturated rings. The molecule has 1 saturated heterocycles. The van der Waals surface area contributed by atoms with E-state index in [1.807, 2.05) is 0 Å². The standard InChI is InChI=1S/C10H14N2O2/c11-6-12-4-3-7-1-2-8(10(13)14)5-9(7)12/h7-9H,1-5H2,(H,13,14). The highest BCUT2D eigenvalue weighted by Crippen LogP contribution is 2.38. The van der Waals surface area contributed by atoms with Gasteiger partial charge in [-0.25, -0.2) is 0 Å². The summed E-state index contributed by atoms with van der Waals surface area (Å²) >= 11 is 0. The molecule has 2 aliphatic rings. The van der Waals surface area contributed by atoms with E-state index in [4.69, 9.17) is 10.4 Å². The van der Waals surface area contributed by atoms with Crippen LogP contribution in [0.15, 0.2) is 0 Å². The fraction of sp³-hybridized carbons (Fsp3) is 0.800. The summed E-state index contributed by atoms with van der Waals surface area (Å²) in [5.74, 6) is -0.372. The molecule has 76 valence electrons. The number of nitriles is 1. The van der Waals surface area contributed by atoms with E-state index in [0.29, 0.717) is 12.3 Å². The number of hydrogen-bond acceptors (Lipinski definition) is 3. The number of fused-ring (bicyclic) bond motifs is 1. The zero-order valence-electron chi connectivity index (χ0n) is 8.02. The van der Waals surface area contributed by atoms with Crippen LogP contribution >= 0.6 is 0 Å². The fourth-order valence-electron chi connectivity index (χ4n) is 2.75. The molecule has 2 rings (SSSR count). The van der Waals surface area contributed by atoms with Gasteiger partial charge < -0.3 is 10.0 Å². The van der Waals surface area contributed by atoms with Gasteiger partial charge in [0.15, 0.2) is 6.19 Å². The summed E-state index contributed by atoms with van der Waals surface area (Å²) in [7, 11) is 0. The summed E-state index contributed by atoms with van der Waals surface area (Å²) in [5, 5.41) is 17.8. The summed E-state index contributed by atoms with van der Waals surface area (Å²) in [6.07, 6.45) is 5.64. The summed E-state index contributed by atoms with van der Waals surface area (Å²) in [5.41, 5.74) is 0. The number of likely N-dealkylation sites (tertiary alicyclic amines) is 1. The van der Waals surface area contributed by atoms with Crippen molar-refractivity contribution in [1.29, 1.82) is 5.26 Å². The highest BCUT2D eigenvalue weighted by Gasteiger charge is 2.40. The third kappa shape index (κ3) is 1.43. The van der Waals surface area contributed by atoms with Crippen molar-refractivity contribution in [3.63, 3.8) is 0 Å². The first kappa shape index (κ1) is 9.32. The Morgan fingerprint density at radius 3 is 2.86 bits per heavy atom. The molecule has 14 heavy (non-hydrogen) atoms. The SMILES string of the molecule is N#CN1CCC2CCC(C(=O)O)CC21. The maximum absolute atomic E-state index is 10.8. The summed E-state index contributed by atoms with van der Waals surface area (Å²) < 4.78 is 0. The van der Waals surface area contributed by atoms with Crippen molar-refractivity contribution in [2.45, 2.75) is 31.7 Å². The fourth-order valence-corrected chi connectivity index (χ4v) is 2.75. The molecule has 0 aromatic carbocycles. The van der Waals surface area contributed by atoms with Gasteiger partial charge in [0.2, 0.25) is 0 Å². The van der Waals surface area contributed by atoms with Crippen LogP contribution < -0.4 is 0 Å². The van der Waals surface area contributed by atoms with Crippen LogP contribution in [0.2, 0.25) is 0 Å². The second-order valence-corrected chi connectivity index (χ2v) is 4.26. The number of aliphatic carboxylic acids is 1. The summed E-state index contributed by atoms with van der Waals surface area (Å²) in [6, 6.07) is 0.204. The van der Waals surface area contributed by atoms with Crippen LogP contribution in [-0.4, -0.2) is 28.6 Å². The van der Waals surface area contributed by atoms with E-state index in [2.05, 4.69) is 6.19 Å². The number of nitrogens with zero attached hydrogens (tertiary/aromatic N) is 2. The zero-order chi connectivity index (χ0) is 10.1. The van der Waals surface area contributed by atoms with Gasteiger partial charge in [-0.3, -0.25) is 4.79 Å². The van der Waals surface area contributed by atoms with Crippen LogP contribution in [0, 0.1) is 23.3 Å². The van der Waals surface area contributed by atoms with Crippen LogP contribution in [0.4, 0.5) is 0 Å². The maximum Gasteiger partial charge on any atom is 0.306 e. The summed E-state index contributed by atoms with van der Waals surface area (Å²) in [4.78, 5) is 12.6. The molecule has 1 heterocycles. The van der Waals surface area contributed by atoms with Gasteiger partial charge in [-0.2, -0.15) is 5.26 Å². The number of rotatable bonds is 1.